The summed E-state index contributed by atoms with van der Waals surface area (Å²) in [5, 5.41) is 0. The summed E-state index contributed by atoms with van der Waals surface area (Å²) in [5.41, 5.74) is 3.03. The Hall–Kier alpha value is -3.28. The summed E-state index contributed by atoms with van der Waals surface area (Å²) in [4.78, 5) is 44.3. The van der Waals surface area contributed by atoms with E-state index >= 15 is 0 Å². The lowest BCUT2D eigenvalue weighted by Crippen LogP contribution is -2.07. The summed E-state index contributed by atoms with van der Waals surface area (Å²) in [6.07, 6.45) is 0.512. The third-order valence-electron chi connectivity index (χ3n) is 4.03. The van der Waals surface area contributed by atoms with Gasteiger partial charge in [-0.3, -0.25) is 19.2 Å². The number of carbonyl (C=O) groups is 4. The van der Waals surface area contributed by atoms with Crippen LogP contribution in [0.5, 0.6) is 0 Å². The maximum Gasteiger partial charge on any atom is 0.310 e. The molecule has 0 saturated carbocycles. The highest BCUT2D eigenvalue weighted by Crippen LogP contribution is 2.07. The molecule has 0 aliphatic rings. The normalized spacial score (nSPS) is 9.73. The summed E-state index contributed by atoms with van der Waals surface area (Å²) < 4.78 is 9.64. The third-order valence-corrected chi connectivity index (χ3v) is 4.03. The van der Waals surface area contributed by atoms with Gasteiger partial charge in [-0.1, -0.05) is 48.5 Å². The van der Waals surface area contributed by atoms with Crippen LogP contribution in [0, 0.1) is 0 Å². The van der Waals surface area contributed by atoms with Gasteiger partial charge in [0.05, 0.1) is 26.1 Å². The number of ketones is 2. The Balaban J connectivity index is 0.000000300. The molecule has 2 aromatic rings. The van der Waals surface area contributed by atoms with Gasteiger partial charge in [0.25, 0.3) is 0 Å². The second-order valence-corrected chi connectivity index (χ2v) is 6.47. The summed E-state index contributed by atoms with van der Waals surface area (Å²) in [6, 6.07) is 14.0. The Bertz CT molecular complexity index is 777. The summed E-state index contributed by atoms with van der Waals surface area (Å²) >= 11 is 0. The number of hydrogen-bond donors (Lipinski definition) is 0. The Kier molecular flexibility index (Phi) is 10.8. The van der Waals surface area contributed by atoms with Crippen LogP contribution in [0.4, 0.5) is 0 Å². The Morgan fingerprint density at radius 3 is 1.13 bits per heavy atom. The number of carbonyl (C=O) groups excluding carboxylic acids is 4. The van der Waals surface area contributed by atoms with Crippen molar-refractivity contribution in [3.05, 3.63) is 70.8 Å². The zero-order valence-electron chi connectivity index (χ0n) is 17.9. The van der Waals surface area contributed by atoms with E-state index < -0.39 is 0 Å². The molecule has 160 valence electrons. The molecule has 2 aromatic carbocycles. The number of Topliss-reactive ketones (excluding diaryl/α,β-unsaturated/α-hetero) is 2. The molecule has 0 unspecified atom stereocenters. The minimum absolute atomic E-state index is 0.0256. The van der Waals surface area contributed by atoms with Crippen molar-refractivity contribution >= 4 is 23.5 Å². The first-order valence-electron chi connectivity index (χ1n) is 9.77. The van der Waals surface area contributed by atoms with E-state index in [0.717, 1.165) is 11.1 Å². The van der Waals surface area contributed by atoms with Crippen molar-refractivity contribution in [2.75, 3.05) is 13.2 Å². The molecule has 6 nitrogen and oxygen atoms in total. The van der Waals surface area contributed by atoms with Crippen LogP contribution >= 0.6 is 0 Å². The largest absolute Gasteiger partial charge is 0.466 e. The number of esters is 2. The Morgan fingerprint density at radius 1 is 0.600 bits per heavy atom. The van der Waals surface area contributed by atoms with Crippen LogP contribution in [0.25, 0.3) is 0 Å². The van der Waals surface area contributed by atoms with Crippen LogP contribution in [-0.4, -0.2) is 36.7 Å². The predicted octanol–water partition coefficient (Wildman–Crippen LogP) is 3.99. The first kappa shape index (κ1) is 24.8. The van der Waals surface area contributed by atoms with Crippen molar-refractivity contribution in [2.45, 2.75) is 40.5 Å². The van der Waals surface area contributed by atoms with E-state index in [4.69, 9.17) is 9.47 Å². The minimum Gasteiger partial charge on any atom is -0.466 e. The van der Waals surface area contributed by atoms with E-state index in [0.29, 0.717) is 24.3 Å². The summed E-state index contributed by atoms with van der Waals surface area (Å²) in [6.45, 7) is 7.36. The van der Waals surface area contributed by atoms with Gasteiger partial charge in [-0.25, -0.2) is 0 Å². The Labute approximate surface area is 177 Å². The maximum absolute atomic E-state index is 11.1. The monoisotopic (exact) mass is 412 g/mol. The molecule has 0 spiro atoms. The third kappa shape index (κ3) is 9.28. The van der Waals surface area contributed by atoms with Crippen molar-refractivity contribution < 1.29 is 28.7 Å². The van der Waals surface area contributed by atoms with Crippen molar-refractivity contribution in [3.8, 4) is 0 Å². The fourth-order valence-electron chi connectivity index (χ4n) is 2.47. The number of ether oxygens (including phenoxy) is 2. The molecule has 0 aromatic heterocycles. The van der Waals surface area contributed by atoms with Gasteiger partial charge in [0, 0.05) is 11.1 Å². The highest BCUT2D eigenvalue weighted by molar-refractivity contribution is 5.94. The van der Waals surface area contributed by atoms with Crippen LogP contribution < -0.4 is 0 Å². The van der Waals surface area contributed by atoms with Gasteiger partial charge >= 0.3 is 11.9 Å². The molecule has 0 atom stereocenters. The first-order valence-corrected chi connectivity index (χ1v) is 9.77. The highest BCUT2D eigenvalue weighted by atomic mass is 16.5. The standard InChI is InChI=1S/2C12H14O3/c2*1-3-15-12(14)8-10-4-6-11(7-5-10)9(2)13/h2*4-7H,3,8H2,1-2H3. The first-order chi connectivity index (χ1) is 14.3. The van der Waals surface area contributed by atoms with E-state index in [9.17, 15) is 19.2 Å². The average molecular weight is 412 g/mol. The lowest BCUT2D eigenvalue weighted by Gasteiger charge is -2.02. The van der Waals surface area contributed by atoms with E-state index in [1.54, 1.807) is 62.4 Å². The lowest BCUT2D eigenvalue weighted by molar-refractivity contribution is -0.143. The fourth-order valence-corrected chi connectivity index (χ4v) is 2.47. The maximum atomic E-state index is 11.1. The molecule has 0 bridgehead atoms. The Morgan fingerprint density at radius 2 is 0.900 bits per heavy atom. The van der Waals surface area contributed by atoms with Gasteiger partial charge in [-0.05, 0) is 38.8 Å². The molecule has 30 heavy (non-hydrogen) atoms. The van der Waals surface area contributed by atoms with Crippen LogP contribution in [0.15, 0.2) is 48.5 Å². The van der Waals surface area contributed by atoms with E-state index in [1.807, 2.05) is 0 Å². The SMILES string of the molecule is CCOC(=O)Cc1ccc(C(C)=O)cc1.CCOC(=O)Cc1ccc(C(C)=O)cc1. The van der Waals surface area contributed by atoms with Gasteiger partial charge in [-0.15, -0.1) is 0 Å². The topological polar surface area (TPSA) is 86.7 Å². The minimum atomic E-state index is -0.243. The fraction of sp³-hybridized carbons (Fsp3) is 0.333. The molecule has 2 rings (SSSR count). The average Bonchev–Trinajstić information content (AvgIpc) is 2.69. The zero-order valence-corrected chi connectivity index (χ0v) is 17.9. The number of benzene rings is 2. The predicted molar refractivity (Wildman–Crippen MR) is 114 cm³/mol. The van der Waals surface area contributed by atoms with Crippen molar-refractivity contribution in [1.29, 1.82) is 0 Å². The molecule has 0 fully saturated rings. The van der Waals surface area contributed by atoms with Gasteiger partial charge in [-0.2, -0.15) is 0 Å². The molecular weight excluding hydrogens is 384 g/mol. The van der Waals surface area contributed by atoms with Gasteiger partial charge in [0.1, 0.15) is 0 Å². The van der Waals surface area contributed by atoms with Crippen LogP contribution in [0.2, 0.25) is 0 Å². The molecule has 0 saturated heterocycles. The molecule has 0 heterocycles. The van der Waals surface area contributed by atoms with Gasteiger partial charge in [0.2, 0.25) is 0 Å². The second kappa shape index (κ2) is 13.0. The molecule has 0 amide bonds. The van der Waals surface area contributed by atoms with E-state index in [-0.39, 0.29) is 36.3 Å². The van der Waals surface area contributed by atoms with Crippen molar-refractivity contribution in [1.82, 2.24) is 0 Å². The molecule has 0 radical (unpaired) electrons. The van der Waals surface area contributed by atoms with Crippen LogP contribution in [-0.2, 0) is 31.9 Å². The van der Waals surface area contributed by atoms with Crippen molar-refractivity contribution in [2.24, 2.45) is 0 Å². The van der Waals surface area contributed by atoms with Crippen LogP contribution in [0.3, 0.4) is 0 Å². The smallest absolute Gasteiger partial charge is 0.310 e. The summed E-state index contributed by atoms with van der Waals surface area (Å²) in [5.74, 6) is -0.434. The molecule has 0 aliphatic heterocycles. The highest BCUT2D eigenvalue weighted by Gasteiger charge is 2.05. The van der Waals surface area contributed by atoms with Crippen LogP contribution in [0.1, 0.15) is 59.5 Å². The lowest BCUT2D eigenvalue weighted by atomic mass is 10.1. The second-order valence-electron chi connectivity index (χ2n) is 6.47. The van der Waals surface area contributed by atoms with Crippen molar-refractivity contribution in [3.63, 3.8) is 0 Å². The summed E-state index contributed by atoms with van der Waals surface area (Å²) in [7, 11) is 0. The number of hydrogen-bond acceptors (Lipinski definition) is 6. The molecule has 0 N–H and O–H groups in total. The molecular formula is C24H28O6. The van der Waals surface area contributed by atoms with E-state index in [2.05, 4.69) is 0 Å². The molecule has 6 heteroatoms. The quantitative estimate of drug-likeness (QED) is 0.481. The molecule has 0 aliphatic carbocycles. The van der Waals surface area contributed by atoms with Gasteiger partial charge in [0.15, 0.2) is 11.6 Å². The zero-order chi connectivity index (χ0) is 22.5. The number of rotatable bonds is 8. The van der Waals surface area contributed by atoms with Gasteiger partial charge < -0.3 is 9.47 Å². The van der Waals surface area contributed by atoms with E-state index in [1.165, 1.54) is 13.8 Å².